The normalized spacial score (nSPS) is 23.5. The fourth-order valence-corrected chi connectivity index (χ4v) is 7.70. The minimum Gasteiger partial charge on any atom is -0.497 e. The number of carbonyl (C=O) groups is 3. The summed E-state index contributed by atoms with van der Waals surface area (Å²) in [5, 5.41) is 3.76. The lowest BCUT2D eigenvalue weighted by molar-refractivity contribution is -0.149. The van der Waals surface area contributed by atoms with E-state index in [-0.39, 0.29) is 31.5 Å². The summed E-state index contributed by atoms with van der Waals surface area (Å²) in [6, 6.07) is 19.9. The van der Waals surface area contributed by atoms with Gasteiger partial charge < -0.3 is 34.1 Å². The summed E-state index contributed by atoms with van der Waals surface area (Å²) >= 11 is 0. The van der Waals surface area contributed by atoms with Crippen LogP contribution >= 0.6 is 0 Å². The van der Waals surface area contributed by atoms with Crippen molar-refractivity contribution in [1.29, 1.82) is 0 Å². The Kier molecular flexibility index (Phi) is 11.2. The summed E-state index contributed by atoms with van der Waals surface area (Å²) in [5.41, 5.74) is 2.10. The van der Waals surface area contributed by atoms with Crippen LogP contribution in [0.5, 0.6) is 17.4 Å². The van der Waals surface area contributed by atoms with Gasteiger partial charge >= 0.3 is 12.0 Å². The average molecular weight is 748 g/mol. The second-order valence-corrected chi connectivity index (χ2v) is 14.5. The molecule has 3 aliphatic rings. The van der Waals surface area contributed by atoms with Crippen LogP contribution in [-0.4, -0.2) is 89.3 Å². The monoisotopic (exact) mass is 747 g/mol. The van der Waals surface area contributed by atoms with Crippen molar-refractivity contribution in [2.75, 3.05) is 33.9 Å². The smallest absolute Gasteiger partial charge is 0.332 e. The Labute approximate surface area is 321 Å². The number of fused-ring (bicyclic) bond motifs is 3. The van der Waals surface area contributed by atoms with E-state index in [2.05, 4.69) is 11.4 Å². The van der Waals surface area contributed by atoms with Gasteiger partial charge in [-0.1, -0.05) is 61.0 Å². The fraction of sp³-hybridized carbons (Fsp3) is 0.419. The van der Waals surface area contributed by atoms with Crippen LogP contribution in [0.2, 0.25) is 0 Å². The zero-order chi connectivity index (χ0) is 38.5. The van der Waals surface area contributed by atoms with Crippen molar-refractivity contribution in [1.82, 2.24) is 25.1 Å². The van der Waals surface area contributed by atoms with E-state index in [1.807, 2.05) is 84.6 Å². The van der Waals surface area contributed by atoms with Gasteiger partial charge in [0, 0.05) is 36.6 Å². The third-order valence-corrected chi connectivity index (χ3v) is 10.8. The SMILES string of the molecule is CCOC(=O)C12CC1/C=C/CCCCCN(Cc1ccc(OC)cc1)C(=O)N1CC(Oc3nc(-c4ccccc4)nc4c(C)c(OC)ccc34)CC1C(=O)N2. The Morgan fingerprint density at radius 1 is 0.964 bits per heavy atom. The number of benzene rings is 3. The van der Waals surface area contributed by atoms with Gasteiger partial charge in [0.05, 0.1) is 38.3 Å². The maximum absolute atomic E-state index is 14.8. The van der Waals surface area contributed by atoms with E-state index < -0.39 is 29.6 Å². The van der Waals surface area contributed by atoms with Crippen molar-refractivity contribution in [3.05, 3.63) is 90.0 Å². The first-order valence-electron chi connectivity index (χ1n) is 19.2. The van der Waals surface area contributed by atoms with Gasteiger partial charge in [-0.3, -0.25) is 4.79 Å². The second-order valence-electron chi connectivity index (χ2n) is 14.5. The topological polar surface area (TPSA) is 132 Å². The molecule has 12 heteroatoms. The number of aryl methyl sites for hydroxylation is 1. The molecular weight excluding hydrogens is 699 g/mol. The summed E-state index contributed by atoms with van der Waals surface area (Å²) < 4.78 is 23.2. The van der Waals surface area contributed by atoms with Crippen molar-refractivity contribution in [3.8, 4) is 28.8 Å². The quantitative estimate of drug-likeness (QED) is 0.148. The van der Waals surface area contributed by atoms with Crippen LogP contribution in [0.4, 0.5) is 4.79 Å². The first-order valence-corrected chi connectivity index (χ1v) is 19.2. The van der Waals surface area contributed by atoms with Crippen molar-refractivity contribution >= 4 is 28.8 Å². The standard InChI is InChI=1S/C43H49N5O7/c1-5-54-41(50)43-25-31(43)16-12-7-6-8-13-23-47(26-29-17-19-32(52-3)20-18-29)42(51)48-27-33(24-35(48)39(49)46-43)55-40-34-21-22-36(53-4)28(2)37(34)44-38(45-40)30-14-10-9-11-15-30/h9-12,14-22,31,33,35H,5-8,13,23-27H2,1-4H3,(H,46,49)/b16-12+. The number of ether oxygens (including phenoxy) is 4. The molecule has 12 nitrogen and oxygen atoms in total. The van der Waals surface area contributed by atoms with Gasteiger partial charge in [0.15, 0.2) is 5.82 Å². The first-order chi connectivity index (χ1) is 26.7. The number of urea groups is 1. The number of amides is 3. The number of allylic oxidation sites excluding steroid dienone is 1. The highest BCUT2D eigenvalue weighted by atomic mass is 16.5. The summed E-state index contributed by atoms with van der Waals surface area (Å²) in [7, 11) is 3.24. The van der Waals surface area contributed by atoms with Gasteiger partial charge in [-0.15, -0.1) is 0 Å². The number of rotatable bonds is 9. The average Bonchev–Trinajstić information content (AvgIpc) is 3.74. The number of nitrogens with one attached hydrogen (secondary N) is 1. The molecule has 55 heavy (non-hydrogen) atoms. The number of methoxy groups -OCH3 is 2. The molecule has 1 saturated heterocycles. The number of esters is 1. The molecule has 0 spiro atoms. The van der Waals surface area contributed by atoms with Gasteiger partial charge in [-0.25, -0.2) is 14.6 Å². The van der Waals surface area contributed by atoms with E-state index >= 15 is 0 Å². The van der Waals surface area contributed by atoms with E-state index in [4.69, 9.17) is 28.9 Å². The third-order valence-electron chi connectivity index (χ3n) is 10.8. The van der Waals surface area contributed by atoms with Crippen molar-refractivity contribution < 1.29 is 33.3 Å². The molecule has 1 saturated carbocycles. The van der Waals surface area contributed by atoms with Crippen LogP contribution < -0.4 is 19.5 Å². The summed E-state index contributed by atoms with van der Waals surface area (Å²) in [6.07, 6.45) is 7.66. The Morgan fingerprint density at radius 2 is 1.76 bits per heavy atom. The maximum Gasteiger partial charge on any atom is 0.332 e. The van der Waals surface area contributed by atoms with Crippen molar-refractivity contribution in [2.24, 2.45) is 5.92 Å². The summed E-state index contributed by atoms with van der Waals surface area (Å²) in [4.78, 5) is 55.9. The second kappa shape index (κ2) is 16.4. The number of hydrogen-bond donors (Lipinski definition) is 1. The van der Waals surface area contributed by atoms with E-state index in [1.54, 1.807) is 26.0 Å². The molecule has 4 aromatic rings. The van der Waals surface area contributed by atoms with Crippen LogP contribution in [0.15, 0.2) is 78.9 Å². The molecule has 3 amide bonds. The number of hydrogen-bond acceptors (Lipinski definition) is 9. The number of carbonyl (C=O) groups excluding carboxylic acids is 3. The Bertz CT molecular complexity index is 2060. The fourth-order valence-electron chi connectivity index (χ4n) is 7.70. The molecule has 4 unspecified atom stereocenters. The Hall–Kier alpha value is -5.65. The van der Waals surface area contributed by atoms with Crippen LogP contribution in [-0.2, 0) is 20.9 Å². The molecule has 1 N–H and O–H groups in total. The lowest BCUT2D eigenvalue weighted by Crippen LogP contribution is -2.55. The van der Waals surface area contributed by atoms with Gasteiger partial charge in [0.2, 0.25) is 11.8 Å². The van der Waals surface area contributed by atoms with E-state index in [1.165, 1.54) is 0 Å². The van der Waals surface area contributed by atoms with Crippen LogP contribution in [0, 0.1) is 12.8 Å². The van der Waals surface area contributed by atoms with Gasteiger partial charge in [-0.2, -0.15) is 4.98 Å². The molecule has 0 bridgehead atoms. The molecule has 1 aromatic heterocycles. The predicted molar refractivity (Wildman–Crippen MR) is 208 cm³/mol. The predicted octanol–water partition coefficient (Wildman–Crippen LogP) is 6.63. The lowest BCUT2D eigenvalue weighted by Gasteiger charge is -2.32. The molecule has 2 aliphatic heterocycles. The molecular formula is C43H49N5O7. The minimum absolute atomic E-state index is 0.132. The molecule has 4 atom stereocenters. The van der Waals surface area contributed by atoms with Gasteiger partial charge in [-0.05, 0) is 69.4 Å². The highest BCUT2D eigenvalue weighted by Gasteiger charge is 2.62. The summed E-state index contributed by atoms with van der Waals surface area (Å²) in [5.74, 6) is 1.18. The van der Waals surface area contributed by atoms with Crippen molar-refractivity contribution in [2.45, 2.75) is 76.6 Å². The maximum atomic E-state index is 14.8. The Balaban J connectivity index is 1.25. The molecule has 1 aliphatic carbocycles. The zero-order valence-electron chi connectivity index (χ0n) is 32.0. The van der Waals surface area contributed by atoms with Crippen LogP contribution in [0.1, 0.15) is 56.6 Å². The van der Waals surface area contributed by atoms with Crippen LogP contribution in [0.25, 0.3) is 22.3 Å². The lowest BCUT2D eigenvalue weighted by atomic mass is 10.1. The van der Waals surface area contributed by atoms with Crippen molar-refractivity contribution in [3.63, 3.8) is 0 Å². The van der Waals surface area contributed by atoms with E-state index in [0.717, 1.165) is 48.1 Å². The Morgan fingerprint density at radius 3 is 2.51 bits per heavy atom. The summed E-state index contributed by atoms with van der Waals surface area (Å²) in [6.45, 7) is 4.89. The highest BCUT2D eigenvalue weighted by molar-refractivity contribution is 5.95. The van der Waals surface area contributed by atoms with Gasteiger partial charge in [0.25, 0.3) is 0 Å². The third kappa shape index (κ3) is 7.94. The molecule has 2 fully saturated rings. The largest absolute Gasteiger partial charge is 0.497 e. The zero-order valence-corrected chi connectivity index (χ0v) is 32.0. The van der Waals surface area contributed by atoms with E-state index in [9.17, 15) is 14.4 Å². The molecule has 7 rings (SSSR count). The molecule has 3 heterocycles. The van der Waals surface area contributed by atoms with Crippen LogP contribution in [0.3, 0.4) is 0 Å². The molecule has 288 valence electrons. The molecule has 3 aromatic carbocycles. The van der Waals surface area contributed by atoms with E-state index in [0.29, 0.717) is 47.9 Å². The minimum atomic E-state index is -1.18. The first kappa shape index (κ1) is 37.7. The molecule has 0 radical (unpaired) electrons. The highest BCUT2D eigenvalue weighted by Crippen LogP contribution is 2.46. The number of nitrogens with zero attached hydrogens (tertiary/aromatic N) is 4. The number of aromatic nitrogens is 2. The van der Waals surface area contributed by atoms with Gasteiger partial charge in [0.1, 0.15) is 29.2 Å².